The molecule has 3 aromatic rings. The van der Waals surface area contributed by atoms with E-state index in [0.717, 1.165) is 39.4 Å². The van der Waals surface area contributed by atoms with Crippen LogP contribution in [0.2, 0.25) is 0 Å². The number of rotatable bonds is 5. The number of nitrogens with zero attached hydrogens (tertiary/aromatic N) is 2. The summed E-state index contributed by atoms with van der Waals surface area (Å²) in [5.74, 6) is 1.84. The van der Waals surface area contributed by atoms with Crippen LogP contribution in [0.25, 0.3) is 11.0 Å². The molecule has 0 spiro atoms. The minimum atomic E-state index is -2.76. The molecule has 0 aliphatic heterocycles. The monoisotopic (exact) mass is 361 g/mol. The molecule has 134 valence electrons. The lowest BCUT2D eigenvalue weighted by atomic mass is 10.1. The highest BCUT2D eigenvalue weighted by atomic mass is 32.2. The van der Waals surface area contributed by atoms with E-state index in [1.807, 2.05) is 32.0 Å². The summed E-state index contributed by atoms with van der Waals surface area (Å²) in [4.78, 5) is 12.2. The van der Waals surface area contributed by atoms with Crippen LogP contribution in [0.5, 0.6) is 11.5 Å². The van der Waals surface area contributed by atoms with Gasteiger partial charge in [-0.05, 0) is 42.2 Å². The number of aromatic nitrogens is 3. The highest BCUT2D eigenvalue weighted by Crippen LogP contribution is 2.29. The van der Waals surface area contributed by atoms with Gasteiger partial charge in [-0.25, -0.2) is 4.98 Å². The van der Waals surface area contributed by atoms with Gasteiger partial charge in [-0.2, -0.15) is 0 Å². The van der Waals surface area contributed by atoms with Crippen LogP contribution in [0, 0.1) is 13.8 Å². The molecule has 2 aromatic heterocycles. The predicted molar refractivity (Wildman–Crippen MR) is 100 cm³/mol. The Morgan fingerprint density at radius 1 is 1.20 bits per heavy atom. The molecule has 0 aliphatic carbocycles. The molecular formula is C18H23N3O3S. The van der Waals surface area contributed by atoms with E-state index in [1.165, 1.54) is 0 Å². The van der Waals surface area contributed by atoms with E-state index in [1.54, 1.807) is 26.7 Å². The SMILES string of the molecule is COc1ccc2[nH]c([SH](C)(=O)Cc3ncc(C)c(OC)c3C)nc2c1. The Kier molecular flexibility index (Phi) is 4.51. The summed E-state index contributed by atoms with van der Waals surface area (Å²) in [6.45, 7) is 3.89. The zero-order chi connectivity index (χ0) is 18.2. The van der Waals surface area contributed by atoms with E-state index in [-0.39, 0.29) is 0 Å². The summed E-state index contributed by atoms with van der Waals surface area (Å²) in [5.41, 5.74) is 4.23. The van der Waals surface area contributed by atoms with E-state index in [0.29, 0.717) is 10.9 Å². The van der Waals surface area contributed by atoms with Crippen molar-refractivity contribution in [2.24, 2.45) is 0 Å². The minimum absolute atomic E-state index is 0.326. The van der Waals surface area contributed by atoms with Gasteiger partial charge < -0.3 is 14.5 Å². The maximum atomic E-state index is 13.3. The number of imidazole rings is 1. The third-order valence-corrected chi connectivity index (χ3v) is 6.34. The number of ether oxygens (including phenoxy) is 2. The molecule has 0 fully saturated rings. The van der Waals surface area contributed by atoms with Gasteiger partial charge in [0.1, 0.15) is 11.5 Å². The van der Waals surface area contributed by atoms with Gasteiger partial charge in [0.25, 0.3) is 0 Å². The van der Waals surface area contributed by atoms with E-state index in [4.69, 9.17) is 9.47 Å². The summed E-state index contributed by atoms with van der Waals surface area (Å²) < 4.78 is 24.0. The molecule has 6 nitrogen and oxygen atoms in total. The fourth-order valence-corrected chi connectivity index (χ4v) is 4.63. The quantitative estimate of drug-likeness (QED) is 0.684. The number of aryl methyl sites for hydroxylation is 1. The van der Waals surface area contributed by atoms with Crippen molar-refractivity contribution >= 4 is 21.0 Å². The first-order chi connectivity index (χ1) is 11.9. The standard InChI is InChI=1S/C18H23N3O3S/c1-11-9-19-16(12(2)17(11)24-4)10-25(5,22)18-20-14-7-6-13(23-3)8-15(14)21-18/h6-9,25H,10H2,1-5H3,(H,20,21). The van der Waals surface area contributed by atoms with Crippen molar-refractivity contribution in [3.8, 4) is 11.5 Å². The molecule has 0 bridgehead atoms. The van der Waals surface area contributed by atoms with Crippen LogP contribution in [-0.4, -0.2) is 39.6 Å². The van der Waals surface area contributed by atoms with Crippen molar-refractivity contribution in [1.29, 1.82) is 0 Å². The normalized spacial score (nSPS) is 12.4. The van der Waals surface area contributed by atoms with Crippen molar-refractivity contribution in [3.05, 3.63) is 41.2 Å². The molecule has 1 N–H and O–H groups in total. The Labute approximate surface area is 148 Å². The summed E-state index contributed by atoms with van der Waals surface area (Å²) in [6.07, 6.45) is 3.49. The van der Waals surface area contributed by atoms with Crippen LogP contribution >= 0.6 is 0 Å². The largest absolute Gasteiger partial charge is 0.497 e. The highest BCUT2D eigenvalue weighted by Gasteiger charge is 2.21. The average Bonchev–Trinajstić information content (AvgIpc) is 3.02. The Morgan fingerprint density at radius 3 is 2.64 bits per heavy atom. The van der Waals surface area contributed by atoms with Gasteiger partial charge in [0, 0.05) is 23.4 Å². The van der Waals surface area contributed by atoms with Gasteiger partial charge in [-0.15, -0.1) is 0 Å². The molecule has 0 saturated carbocycles. The lowest BCUT2D eigenvalue weighted by Gasteiger charge is -2.18. The molecular weight excluding hydrogens is 338 g/mol. The van der Waals surface area contributed by atoms with Crippen LogP contribution in [-0.2, 0) is 15.7 Å². The van der Waals surface area contributed by atoms with Crippen molar-refractivity contribution < 1.29 is 13.7 Å². The van der Waals surface area contributed by atoms with Crippen LogP contribution in [0.3, 0.4) is 0 Å². The minimum Gasteiger partial charge on any atom is -0.497 e. The van der Waals surface area contributed by atoms with Crippen LogP contribution < -0.4 is 9.47 Å². The van der Waals surface area contributed by atoms with Gasteiger partial charge in [0.2, 0.25) is 0 Å². The molecule has 0 aliphatic rings. The lowest BCUT2D eigenvalue weighted by Crippen LogP contribution is -2.17. The molecule has 7 heteroatoms. The fraction of sp³-hybridized carbons (Fsp3) is 0.333. The van der Waals surface area contributed by atoms with Gasteiger partial charge >= 0.3 is 0 Å². The number of benzene rings is 1. The molecule has 2 heterocycles. The Balaban J connectivity index is 1.98. The fourth-order valence-electron chi connectivity index (χ4n) is 2.91. The number of H-pyrrole nitrogens is 1. The second-order valence-corrected chi connectivity index (χ2v) is 9.19. The second kappa shape index (κ2) is 6.48. The molecule has 1 aromatic carbocycles. The smallest absolute Gasteiger partial charge is 0.173 e. The summed E-state index contributed by atoms with van der Waals surface area (Å²) in [7, 11) is 0.485. The first-order valence-electron chi connectivity index (χ1n) is 7.95. The summed E-state index contributed by atoms with van der Waals surface area (Å²) in [6, 6.07) is 5.55. The topological polar surface area (TPSA) is 77.1 Å². The predicted octanol–water partition coefficient (Wildman–Crippen LogP) is 2.80. The first kappa shape index (κ1) is 17.4. The number of fused-ring (bicyclic) bond motifs is 1. The molecule has 0 unspecified atom stereocenters. The molecule has 3 rings (SSSR count). The van der Waals surface area contributed by atoms with Crippen molar-refractivity contribution in [3.63, 3.8) is 0 Å². The van der Waals surface area contributed by atoms with Crippen LogP contribution in [0.4, 0.5) is 0 Å². The lowest BCUT2D eigenvalue weighted by molar-refractivity contribution is 0.407. The Hall–Kier alpha value is -2.41. The number of hydrogen-bond acceptors (Lipinski definition) is 5. The maximum Gasteiger partial charge on any atom is 0.173 e. The van der Waals surface area contributed by atoms with E-state index in [2.05, 4.69) is 15.0 Å². The summed E-state index contributed by atoms with van der Waals surface area (Å²) in [5, 5.41) is 0.497. The average molecular weight is 361 g/mol. The third kappa shape index (κ3) is 3.24. The zero-order valence-electron chi connectivity index (χ0n) is 15.1. The number of aromatic amines is 1. The number of nitrogens with one attached hydrogen (secondary N) is 1. The van der Waals surface area contributed by atoms with Crippen molar-refractivity contribution in [2.45, 2.75) is 24.8 Å². The highest BCUT2D eigenvalue weighted by molar-refractivity contribution is 8.01. The van der Waals surface area contributed by atoms with Gasteiger partial charge in [-0.3, -0.25) is 9.19 Å². The molecule has 0 amide bonds. The molecule has 0 atom stereocenters. The van der Waals surface area contributed by atoms with E-state index in [9.17, 15) is 4.21 Å². The molecule has 25 heavy (non-hydrogen) atoms. The summed E-state index contributed by atoms with van der Waals surface area (Å²) >= 11 is 0. The third-order valence-electron chi connectivity index (χ3n) is 4.33. The number of methoxy groups -OCH3 is 2. The van der Waals surface area contributed by atoms with Gasteiger partial charge in [0.05, 0.1) is 36.7 Å². The van der Waals surface area contributed by atoms with E-state index < -0.39 is 9.93 Å². The Bertz CT molecular complexity index is 981. The van der Waals surface area contributed by atoms with Gasteiger partial charge in [-0.1, -0.05) is 0 Å². The Morgan fingerprint density at radius 2 is 1.96 bits per heavy atom. The number of hydrogen-bond donors (Lipinski definition) is 2. The maximum absolute atomic E-state index is 13.3. The van der Waals surface area contributed by atoms with Crippen LogP contribution in [0.15, 0.2) is 29.6 Å². The number of pyridine rings is 1. The van der Waals surface area contributed by atoms with Crippen molar-refractivity contribution in [2.75, 3.05) is 20.5 Å². The van der Waals surface area contributed by atoms with Crippen LogP contribution in [0.1, 0.15) is 16.8 Å². The van der Waals surface area contributed by atoms with Gasteiger partial charge in [0.15, 0.2) is 5.16 Å². The molecule has 0 radical (unpaired) electrons. The molecule has 0 saturated heterocycles. The zero-order valence-corrected chi connectivity index (χ0v) is 16.0. The van der Waals surface area contributed by atoms with Crippen molar-refractivity contribution in [1.82, 2.24) is 15.0 Å². The first-order valence-corrected chi connectivity index (χ1v) is 10.3. The second-order valence-electron chi connectivity index (χ2n) is 6.25. The van der Waals surface area contributed by atoms with E-state index >= 15 is 0 Å². The number of thiol groups is 1.